The highest BCUT2D eigenvalue weighted by atomic mass is 35.5. The van der Waals surface area contributed by atoms with Crippen LogP contribution in [0.4, 0.5) is 5.69 Å². The van der Waals surface area contributed by atoms with E-state index in [2.05, 4.69) is 17.4 Å². The molecule has 70 valence electrons. The topological polar surface area (TPSA) is 12.0 Å². The molecule has 2 rings (SSSR count). The van der Waals surface area contributed by atoms with Crippen molar-refractivity contribution >= 4 is 17.3 Å². The normalized spacial score (nSPS) is 15.8. The van der Waals surface area contributed by atoms with Crippen LogP contribution in [-0.2, 0) is 5.88 Å². The Kier molecular flexibility index (Phi) is 2.74. The van der Waals surface area contributed by atoms with E-state index in [0.717, 1.165) is 12.5 Å². The van der Waals surface area contributed by atoms with Gasteiger partial charge in [-0.2, -0.15) is 0 Å². The molecule has 0 saturated heterocycles. The number of hydrogen-bond acceptors (Lipinski definition) is 1. The maximum Gasteiger partial charge on any atom is 0.0494 e. The Balaban J connectivity index is 1.99. The van der Waals surface area contributed by atoms with E-state index in [4.69, 9.17) is 11.6 Å². The molecule has 0 amide bonds. The van der Waals surface area contributed by atoms with Gasteiger partial charge < -0.3 is 5.32 Å². The fourth-order valence-electron chi connectivity index (χ4n) is 1.39. The lowest BCUT2D eigenvalue weighted by atomic mass is 10.2. The molecule has 0 aromatic heterocycles. The number of anilines is 1. The first-order valence-electron chi connectivity index (χ1n) is 4.78. The van der Waals surface area contributed by atoms with Crippen molar-refractivity contribution in [2.24, 2.45) is 5.92 Å². The summed E-state index contributed by atoms with van der Waals surface area (Å²) >= 11 is 5.82. The molecule has 1 aliphatic carbocycles. The SMILES string of the molecule is ClCc1ccccc1NCC1CC1. The quantitative estimate of drug-likeness (QED) is 0.728. The number of benzene rings is 1. The zero-order chi connectivity index (χ0) is 9.10. The third-order valence-corrected chi connectivity index (χ3v) is 2.73. The molecule has 13 heavy (non-hydrogen) atoms. The Morgan fingerprint density at radius 2 is 2.08 bits per heavy atom. The summed E-state index contributed by atoms with van der Waals surface area (Å²) in [6, 6.07) is 8.24. The Labute approximate surface area is 84.1 Å². The summed E-state index contributed by atoms with van der Waals surface area (Å²) in [6.07, 6.45) is 2.77. The molecular formula is C11H14ClN. The lowest BCUT2D eigenvalue weighted by Crippen LogP contribution is -2.04. The van der Waals surface area contributed by atoms with E-state index < -0.39 is 0 Å². The van der Waals surface area contributed by atoms with Crippen LogP contribution in [0.5, 0.6) is 0 Å². The van der Waals surface area contributed by atoms with Crippen molar-refractivity contribution in [1.29, 1.82) is 0 Å². The van der Waals surface area contributed by atoms with Crippen LogP contribution in [0.25, 0.3) is 0 Å². The van der Waals surface area contributed by atoms with Crippen LogP contribution in [0.1, 0.15) is 18.4 Å². The van der Waals surface area contributed by atoms with E-state index >= 15 is 0 Å². The third kappa shape index (κ3) is 2.38. The summed E-state index contributed by atoms with van der Waals surface area (Å²) in [5.41, 5.74) is 2.40. The average Bonchev–Trinajstić information content (AvgIpc) is 2.99. The molecule has 0 atom stereocenters. The van der Waals surface area contributed by atoms with Crippen molar-refractivity contribution < 1.29 is 0 Å². The van der Waals surface area contributed by atoms with E-state index in [9.17, 15) is 0 Å². The fourth-order valence-corrected chi connectivity index (χ4v) is 1.62. The molecule has 1 nitrogen and oxygen atoms in total. The maximum atomic E-state index is 5.82. The van der Waals surface area contributed by atoms with E-state index in [0.29, 0.717) is 5.88 Å². The van der Waals surface area contributed by atoms with Gasteiger partial charge in [0.05, 0.1) is 0 Å². The molecular weight excluding hydrogens is 182 g/mol. The van der Waals surface area contributed by atoms with Crippen LogP contribution in [0.2, 0.25) is 0 Å². The van der Waals surface area contributed by atoms with Crippen LogP contribution >= 0.6 is 11.6 Å². The van der Waals surface area contributed by atoms with Crippen molar-refractivity contribution in [1.82, 2.24) is 0 Å². The minimum absolute atomic E-state index is 0.591. The number of alkyl halides is 1. The molecule has 1 aliphatic rings. The molecule has 0 radical (unpaired) electrons. The smallest absolute Gasteiger partial charge is 0.0494 e. The van der Waals surface area contributed by atoms with Gasteiger partial charge in [0.2, 0.25) is 0 Å². The molecule has 1 aromatic carbocycles. The second-order valence-corrected chi connectivity index (χ2v) is 3.88. The predicted molar refractivity (Wildman–Crippen MR) is 57.2 cm³/mol. The van der Waals surface area contributed by atoms with Gasteiger partial charge in [0.15, 0.2) is 0 Å². The first kappa shape index (κ1) is 8.89. The minimum atomic E-state index is 0.591. The standard InChI is InChI=1S/C11H14ClN/c12-7-10-3-1-2-4-11(10)13-8-9-5-6-9/h1-4,9,13H,5-8H2. The summed E-state index contributed by atoms with van der Waals surface area (Å²) in [5, 5.41) is 3.44. The van der Waals surface area contributed by atoms with Crippen molar-refractivity contribution in [3.05, 3.63) is 29.8 Å². The molecule has 1 fully saturated rings. The maximum absolute atomic E-state index is 5.82. The lowest BCUT2D eigenvalue weighted by Gasteiger charge is -2.08. The molecule has 0 spiro atoms. The first-order valence-corrected chi connectivity index (χ1v) is 5.31. The van der Waals surface area contributed by atoms with Gasteiger partial charge in [-0.05, 0) is 30.4 Å². The summed E-state index contributed by atoms with van der Waals surface area (Å²) in [4.78, 5) is 0. The highest BCUT2D eigenvalue weighted by molar-refractivity contribution is 6.17. The Morgan fingerprint density at radius 1 is 1.31 bits per heavy atom. The molecule has 1 saturated carbocycles. The van der Waals surface area contributed by atoms with Gasteiger partial charge in [-0.1, -0.05) is 18.2 Å². The van der Waals surface area contributed by atoms with E-state index in [1.165, 1.54) is 24.1 Å². The first-order chi connectivity index (χ1) is 6.40. The molecule has 1 aromatic rings. The number of rotatable bonds is 4. The third-order valence-electron chi connectivity index (χ3n) is 2.44. The van der Waals surface area contributed by atoms with Gasteiger partial charge >= 0.3 is 0 Å². The predicted octanol–water partition coefficient (Wildman–Crippen LogP) is 3.25. The number of para-hydroxylation sites is 1. The molecule has 2 heteroatoms. The Bertz CT molecular complexity index is 281. The second kappa shape index (κ2) is 4.01. The Morgan fingerprint density at radius 3 is 2.77 bits per heavy atom. The fraction of sp³-hybridized carbons (Fsp3) is 0.455. The van der Waals surface area contributed by atoms with Gasteiger partial charge in [-0.3, -0.25) is 0 Å². The number of nitrogens with one attached hydrogen (secondary N) is 1. The van der Waals surface area contributed by atoms with Crippen molar-refractivity contribution in [2.75, 3.05) is 11.9 Å². The van der Waals surface area contributed by atoms with Gasteiger partial charge in [0, 0.05) is 18.1 Å². The van der Waals surface area contributed by atoms with Crippen LogP contribution in [0.3, 0.4) is 0 Å². The van der Waals surface area contributed by atoms with Crippen LogP contribution in [0, 0.1) is 5.92 Å². The Hall–Kier alpha value is -0.690. The highest BCUT2D eigenvalue weighted by Gasteiger charge is 2.20. The number of halogens is 1. The van der Waals surface area contributed by atoms with E-state index in [1.54, 1.807) is 0 Å². The van der Waals surface area contributed by atoms with E-state index in [1.807, 2.05) is 12.1 Å². The van der Waals surface area contributed by atoms with Gasteiger partial charge in [-0.15, -0.1) is 11.6 Å². The average molecular weight is 196 g/mol. The van der Waals surface area contributed by atoms with Crippen molar-refractivity contribution in [3.8, 4) is 0 Å². The number of hydrogen-bond donors (Lipinski definition) is 1. The molecule has 1 N–H and O–H groups in total. The molecule has 0 bridgehead atoms. The molecule has 0 unspecified atom stereocenters. The van der Waals surface area contributed by atoms with Crippen molar-refractivity contribution in [2.45, 2.75) is 18.7 Å². The van der Waals surface area contributed by atoms with Crippen LogP contribution in [-0.4, -0.2) is 6.54 Å². The van der Waals surface area contributed by atoms with E-state index in [-0.39, 0.29) is 0 Å². The zero-order valence-corrected chi connectivity index (χ0v) is 8.35. The minimum Gasteiger partial charge on any atom is -0.385 e. The summed E-state index contributed by atoms with van der Waals surface area (Å²) < 4.78 is 0. The monoisotopic (exact) mass is 195 g/mol. The summed E-state index contributed by atoms with van der Waals surface area (Å²) in [7, 11) is 0. The van der Waals surface area contributed by atoms with Crippen LogP contribution in [0.15, 0.2) is 24.3 Å². The van der Waals surface area contributed by atoms with Gasteiger partial charge in [-0.25, -0.2) is 0 Å². The molecule has 0 heterocycles. The highest BCUT2D eigenvalue weighted by Crippen LogP contribution is 2.29. The van der Waals surface area contributed by atoms with Crippen LogP contribution < -0.4 is 5.32 Å². The van der Waals surface area contributed by atoms with Gasteiger partial charge in [0.1, 0.15) is 0 Å². The lowest BCUT2D eigenvalue weighted by molar-refractivity contribution is 0.888. The summed E-state index contributed by atoms with van der Waals surface area (Å²) in [5.74, 6) is 1.50. The van der Waals surface area contributed by atoms with Crippen molar-refractivity contribution in [3.63, 3.8) is 0 Å². The summed E-state index contributed by atoms with van der Waals surface area (Å²) in [6.45, 7) is 1.11. The zero-order valence-electron chi connectivity index (χ0n) is 7.59. The van der Waals surface area contributed by atoms with Gasteiger partial charge in [0.25, 0.3) is 0 Å². The second-order valence-electron chi connectivity index (χ2n) is 3.62. The largest absolute Gasteiger partial charge is 0.385 e. The molecule has 0 aliphatic heterocycles.